The minimum atomic E-state index is -0.226. The number of nitrogens with zero attached hydrogens (tertiary/aromatic N) is 1. The zero-order chi connectivity index (χ0) is 16.7. The van der Waals surface area contributed by atoms with E-state index in [2.05, 4.69) is 42.3 Å². The van der Waals surface area contributed by atoms with Crippen LogP contribution in [0.25, 0.3) is 10.8 Å². The van der Waals surface area contributed by atoms with Gasteiger partial charge in [-0.05, 0) is 74.0 Å². The van der Waals surface area contributed by atoms with Gasteiger partial charge in [-0.25, -0.2) is 0 Å². The molecular weight excluding hydrogens is 298 g/mol. The molecule has 2 saturated heterocycles. The predicted octanol–water partition coefficient (Wildman–Crippen LogP) is 4.55. The van der Waals surface area contributed by atoms with Crippen LogP contribution in [-0.2, 0) is 4.74 Å². The Morgan fingerprint density at radius 1 is 1.00 bits per heavy atom. The molecule has 3 nitrogen and oxygen atoms in total. The van der Waals surface area contributed by atoms with Crippen molar-refractivity contribution in [2.24, 2.45) is 0 Å². The Bertz CT molecular complexity index is 715. The molecule has 2 heterocycles. The number of hydrogen-bond acceptors (Lipinski definition) is 3. The van der Waals surface area contributed by atoms with Gasteiger partial charge in [0.25, 0.3) is 0 Å². The lowest BCUT2D eigenvalue weighted by atomic mass is 9.84. The van der Waals surface area contributed by atoms with Crippen LogP contribution >= 0.6 is 0 Å². The summed E-state index contributed by atoms with van der Waals surface area (Å²) >= 11 is 0. The molecule has 2 aliphatic heterocycles. The number of piperidine rings is 1. The Morgan fingerprint density at radius 2 is 1.67 bits per heavy atom. The number of benzene rings is 2. The SMILES string of the molecule is COC(C)Oc1ccc2cc(C3C[C@H]4CC[C@@H](C3)N4C)ccc2c1. The zero-order valence-electron chi connectivity index (χ0n) is 14.9. The Balaban J connectivity index is 1.56. The number of fused-ring (bicyclic) bond motifs is 3. The second-order valence-electron chi connectivity index (χ2n) is 7.41. The van der Waals surface area contributed by atoms with Crippen LogP contribution in [0.4, 0.5) is 0 Å². The van der Waals surface area contributed by atoms with E-state index in [1.807, 2.05) is 13.0 Å². The number of methoxy groups -OCH3 is 1. The van der Waals surface area contributed by atoms with Gasteiger partial charge in [0.2, 0.25) is 0 Å². The number of hydrogen-bond donors (Lipinski definition) is 0. The first-order chi connectivity index (χ1) is 11.6. The third-order valence-electron chi connectivity index (χ3n) is 6.04. The topological polar surface area (TPSA) is 21.7 Å². The van der Waals surface area contributed by atoms with Crippen LogP contribution in [0.5, 0.6) is 5.75 Å². The van der Waals surface area contributed by atoms with E-state index >= 15 is 0 Å². The lowest BCUT2D eigenvalue weighted by molar-refractivity contribution is -0.0381. The molecule has 2 unspecified atom stereocenters. The molecule has 2 aromatic carbocycles. The molecule has 128 valence electrons. The van der Waals surface area contributed by atoms with Crippen LogP contribution in [0.3, 0.4) is 0 Å². The summed E-state index contributed by atoms with van der Waals surface area (Å²) in [5.74, 6) is 1.58. The second-order valence-corrected chi connectivity index (χ2v) is 7.41. The molecule has 2 fully saturated rings. The van der Waals surface area contributed by atoms with Gasteiger partial charge >= 0.3 is 0 Å². The van der Waals surface area contributed by atoms with Gasteiger partial charge in [0.15, 0.2) is 6.29 Å². The van der Waals surface area contributed by atoms with Crippen molar-refractivity contribution in [2.75, 3.05) is 14.2 Å². The molecular formula is C21H27NO2. The highest BCUT2D eigenvalue weighted by Gasteiger charge is 2.38. The largest absolute Gasteiger partial charge is 0.465 e. The minimum absolute atomic E-state index is 0.226. The summed E-state index contributed by atoms with van der Waals surface area (Å²) in [7, 11) is 3.97. The Hall–Kier alpha value is -1.58. The van der Waals surface area contributed by atoms with E-state index in [9.17, 15) is 0 Å². The van der Waals surface area contributed by atoms with Crippen molar-refractivity contribution in [3.63, 3.8) is 0 Å². The van der Waals surface area contributed by atoms with Gasteiger partial charge in [-0.2, -0.15) is 0 Å². The number of rotatable bonds is 4. The molecule has 4 atom stereocenters. The van der Waals surface area contributed by atoms with Gasteiger partial charge in [0.05, 0.1) is 0 Å². The van der Waals surface area contributed by atoms with Crippen molar-refractivity contribution in [2.45, 2.75) is 56.9 Å². The molecule has 4 rings (SSSR count). The second kappa shape index (κ2) is 6.38. The van der Waals surface area contributed by atoms with Gasteiger partial charge in [-0.15, -0.1) is 0 Å². The average molecular weight is 325 g/mol. The summed E-state index contributed by atoms with van der Waals surface area (Å²) in [5, 5.41) is 2.53. The fourth-order valence-corrected chi connectivity index (χ4v) is 4.49. The summed E-state index contributed by atoms with van der Waals surface area (Å²) in [6.45, 7) is 1.90. The lowest BCUT2D eigenvalue weighted by Crippen LogP contribution is -2.39. The molecule has 0 spiro atoms. The van der Waals surface area contributed by atoms with Gasteiger partial charge in [0.1, 0.15) is 5.75 Å². The molecule has 0 amide bonds. The third-order valence-corrected chi connectivity index (χ3v) is 6.04. The Kier molecular flexibility index (Phi) is 4.23. The molecule has 0 aliphatic carbocycles. The van der Waals surface area contributed by atoms with Crippen LogP contribution in [-0.4, -0.2) is 37.4 Å². The molecule has 0 N–H and O–H groups in total. The highest BCUT2D eigenvalue weighted by molar-refractivity contribution is 5.84. The van der Waals surface area contributed by atoms with Crippen molar-refractivity contribution >= 4 is 10.8 Å². The molecule has 0 aromatic heterocycles. The van der Waals surface area contributed by atoms with E-state index in [-0.39, 0.29) is 6.29 Å². The minimum Gasteiger partial charge on any atom is -0.465 e. The van der Waals surface area contributed by atoms with Crippen LogP contribution in [0.15, 0.2) is 36.4 Å². The number of ether oxygens (including phenoxy) is 2. The van der Waals surface area contributed by atoms with E-state index in [4.69, 9.17) is 9.47 Å². The molecule has 2 aliphatic rings. The van der Waals surface area contributed by atoms with Gasteiger partial charge in [-0.1, -0.05) is 24.3 Å². The third kappa shape index (κ3) is 2.91. The Labute approximate surface area is 144 Å². The van der Waals surface area contributed by atoms with E-state index in [1.54, 1.807) is 7.11 Å². The van der Waals surface area contributed by atoms with E-state index in [0.29, 0.717) is 5.92 Å². The van der Waals surface area contributed by atoms with Crippen molar-refractivity contribution in [3.05, 3.63) is 42.0 Å². The quantitative estimate of drug-likeness (QED) is 0.770. The normalized spacial score (nSPS) is 28.2. The monoisotopic (exact) mass is 325 g/mol. The highest BCUT2D eigenvalue weighted by atomic mass is 16.7. The summed E-state index contributed by atoms with van der Waals surface area (Å²) in [5.41, 5.74) is 1.51. The smallest absolute Gasteiger partial charge is 0.196 e. The van der Waals surface area contributed by atoms with Crippen molar-refractivity contribution in [1.82, 2.24) is 4.90 Å². The molecule has 0 radical (unpaired) electrons. The maximum absolute atomic E-state index is 5.74. The van der Waals surface area contributed by atoms with Gasteiger partial charge in [0, 0.05) is 19.2 Å². The summed E-state index contributed by atoms with van der Waals surface area (Å²) in [4.78, 5) is 2.61. The maximum atomic E-state index is 5.74. The highest BCUT2D eigenvalue weighted by Crippen LogP contribution is 2.42. The van der Waals surface area contributed by atoms with Crippen molar-refractivity contribution in [3.8, 4) is 5.75 Å². The van der Waals surface area contributed by atoms with Gasteiger partial charge < -0.3 is 14.4 Å². The van der Waals surface area contributed by atoms with Crippen LogP contribution in [0.2, 0.25) is 0 Å². The maximum Gasteiger partial charge on any atom is 0.196 e. The first-order valence-corrected chi connectivity index (χ1v) is 9.09. The van der Waals surface area contributed by atoms with Crippen LogP contribution < -0.4 is 4.74 Å². The van der Waals surface area contributed by atoms with Crippen LogP contribution in [0, 0.1) is 0 Å². The predicted molar refractivity (Wildman–Crippen MR) is 97.6 cm³/mol. The summed E-state index contributed by atoms with van der Waals surface area (Å²) < 4.78 is 10.9. The fraction of sp³-hybridized carbons (Fsp3) is 0.524. The van der Waals surface area contributed by atoms with E-state index in [0.717, 1.165) is 17.8 Å². The average Bonchev–Trinajstić information content (AvgIpc) is 2.82. The first-order valence-electron chi connectivity index (χ1n) is 9.09. The molecule has 2 aromatic rings. The Morgan fingerprint density at radius 3 is 2.38 bits per heavy atom. The summed E-state index contributed by atoms with van der Waals surface area (Å²) in [6, 6.07) is 14.8. The van der Waals surface area contributed by atoms with E-state index in [1.165, 1.54) is 42.0 Å². The standard InChI is InChI=1S/C21H27NO2/c1-14(23-3)24-21-9-6-15-10-16(4-5-17(15)13-21)18-11-19-7-8-20(12-18)22(19)2/h4-6,9-10,13-14,18-20H,7-8,11-12H2,1-3H3/t14?,18?,19-,20+. The molecule has 2 bridgehead atoms. The zero-order valence-corrected chi connectivity index (χ0v) is 14.9. The van der Waals surface area contributed by atoms with Crippen molar-refractivity contribution in [1.29, 1.82) is 0 Å². The van der Waals surface area contributed by atoms with E-state index < -0.39 is 0 Å². The fourth-order valence-electron chi connectivity index (χ4n) is 4.49. The van der Waals surface area contributed by atoms with Crippen molar-refractivity contribution < 1.29 is 9.47 Å². The lowest BCUT2D eigenvalue weighted by Gasteiger charge is -2.36. The van der Waals surface area contributed by atoms with Gasteiger partial charge in [-0.3, -0.25) is 0 Å². The molecule has 3 heteroatoms. The first kappa shape index (κ1) is 15.9. The van der Waals surface area contributed by atoms with Crippen LogP contribution in [0.1, 0.15) is 44.1 Å². The summed E-state index contributed by atoms with van der Waals surface area (Å²) in [6.07, 6.45) is 5.15. The molecule has 0 saturated carbocycles. The molecule has 24 heavy (non-hydrogen) atoms.